The average Bonchev–Trinajstić information content (AvgIpc) is 2.23. The molecular formula is C12H15BrO. The first-order valence-electron chi connectivity index (χ1n) is 5.17. The first-order chi connectivity index (χ1) is 6.86. The predicted octanol–water partition coefficient (Wildman–Crippen LogP) is 3.42. The lowest BCUT2D eigenvalue weighted by Gasteiger charge is -2.22. The van der Waals surface area contributed by atoms with Gasteiger partial charge in [-0.3, -0.25) is 0 Å². The molecule has 76 valence electrons. The lowest BCUT2D eigenvalue weighted by molar-refractivity contribution is 0.0549. The lowest BCUT2D eigenvalue weighted by Crippen LogP contribution is -2.19. The standard InChI is InChI=1S/C12H15BrO/c13-12-6-2-1-5-11(12)8-10-4-3-7-14-9-10/h1-2,5-6,10H,3-4,7-9H2. The fourth-order valence-corrected chi connectivity index (χ4v) is 2.39. The number of benzene rings is 1. The zero-order valence-electron chi connectivity index (χ0n) is 8.21. The van der Waals surface area contributed by atoms with Crippen LogP contribution in [0.5, 0.6) is 0 Å². The summed E-state index contributed by atoms with van der Waals surface area (Å²) in [7, 11) is 0. The van der Waals surface area contributed by atoms with E-state index in [2.05, 4.69) is 40.2 Å². The molecule has 1 aromatic carbocycles. The van der Waals surface area contributed by atoms with Gasteiger partial charge in [0.15, 0.2) is 0 Å². The van der Waals surface area contributed by atoms with Crippen LogP contribution in [-0.2, 0) is 11.2 Å². The summed E-state index contributed by atoms with van der Waals surface area (Å²) >= 11 is 3.58. The molecule has 1 aliphatic heterocycles. The normalized spacial score (nSPS) is 22.2. The van der Waals surface area contributed by atoms with Gasteiger partial charge in [-0.05, 0) is 36.8 Å². The van der Waals surface area contributed by atoms with Gasteiger partial charge in [-0.15, -0.1) is 0 Å². The fraction of sp³-hybridized carbons (Fsp3) is 0.500. The minimum absolute atomic E-state index is 0.711. The second-order valence-corrected chi connectivity index (χ2v) is 4.73. The Morgan fingerprint density at radius 3 is 2.93 bits per heavy atom. The van der Waals surface area contributed by atoms with E-state index in [-0.39, 0.29) is 0 Å². The molecule has 0 N–H and O–H groups in total. The Morgan fingerprint density at radius 1 is 1.36 bits per heavy atom. The minimum Gasteiger partial charge on any atom is -0.381 e. The second-order valence-electron chi connectivity index (χ2n) is 3.88. The molecule has 1 aliphatic rings. The van der Waals surface area contributed by atoms with Crippen molar-refractivity contribution in [3.05, 3.63) is 34.3 Å². The zero-order valence-corrected chi connectivity index (χ0v) is 9.79. The van der Waals surface area contributed by atoms with Crippen molar-refractivity contribution in [2.75, 3.05) is 13.2 Å². The molecule has 0 radical (unpaired) electrons. The lowest BCUT2D eigenvalue weighted by atomic mass is 9.94. The Hall–Kier alpha value is -0.340. The molecule has 1 unspecified atom stereocenters. The summed E-state index contributed by atoms with van der Waals surface area (Å²) in [6.07, 6.45) is 3.66. The van der Waals surface area contributed by atoms with Crippen molar-refractivity contribution in [2.45, 2.75) is 19.3 Å². The highest BCUT2D eigenvalue weighted by atomic mass is 79.9. The third-order valence-electron chi connectivity index (χ3n) is 2.72. The van der Waals surface area contributed by atoms with Crippen LogP contribution in [0.25, 0.3) is 0 Å². The highest BCUT2D eigenvalue weighted by Crippen LogP contribution is 2.23. The topological polar surface area (TPSA) is 9.23 Å². The Labute approximate surface area is 93.6 Å². The van der Waals surface area contributed by atoms with Gasteiger partial charge in [0.2, 0.25) is 0 Å². The maximum Gasteiger partial charge on any atom is 0.0497 e. The van der Waals surface area contributed by atoms with Gasteiger partial charge in [-0.2, -0.15) is 0 Å². The Balaban J connectivity index is 1.99. The molecule has 1 atom stereocenters. The maximum atomic E-state index is 5.48. The summed E-state index contributed by atoms with van der Waals surface area (Å²) in [4.78, 5) is 0. The molecule has 2 rings (SSSR count). The molecule has 1 aromatic rings. The molecule has 1 fully saturated rings. The van der Waals surface area contributed by atoms with Gasteiger partial charge < -0.3 is 4.74 Å². The molecular weight excluding hydrogens is 240 g/mol. The molecule has 0 spiro atoms. The Bertz CT molecular complexity index is 292. The molecule has 1 heterocycles. The number of ether oxygens (including phenoxy) is 1. The van der Waals surface area contributed by atoms with Crippen molar-refractivity contribution >= 4 is 15.9 Å². The average molecular weight is 255 g/mol. The van der Waals surface area contributed by atoms with E-state index < -0.39 is 0 Å². The molecule has 0 saturated carbocycles. The van der Waals surface area contributed by atoms with E-state index in [1.807, 2.05) is 0 Å². The van der Waals surface area contributed by atoms with Crippen LogP contribution in [0.15, 0.2) is 28.7 Å². The number of hydrogen-bond donors (Lipinski definition) is 0. The fourth-order valence-electron chi connectivity index (χ4n) is 1.94. The molecule has 1 saturated heterocycles. The monoisotopic (exact) mass is 254 g/mol. The van der Waals surface area contributed by atoms with E-state index in [1.54, 1.807) is 0 Å². The second kappa shape index (κ2) is 4.94. The third kappa shape index (κ3) is 2.58. The van der Waals surface area contributed by atoms with Gasteiger partial charge in [-0.1, -0.05) is 34.1 Å². The van der Waals surface area contributed by atoms with Gasteiger partial charge in [0.1, 0.15) is 0 Å². The van der Waals surface area contributed by atoms with E-state index in [9.17, 15) is 0 Å². The van der Waals surface area contributed by atoms with Crippen molar-refractivity contribution in [2.24, 2.45) is 5.92 Å². The van der Waals surface area contributed by atoms with Gasteiger partial charge in [0.25, 0.3) is 0 Å². The molecule has 1 nitrogen and oxygen atoms in total. The third-order valence-corrected chi connectivity index (χ3v) is 3.49. The van der Waals surface area contributed by atoms with Crippen LogP contribution < -0.4 is 0 Å². The van der Waals surface area contributed by atoms with E-state index in [0.717, 1.165) is 19.6 Å². The van der Waals surface area contributed by atoms with E-state index in [0.29, 0.717) is 5.92 Å². The van der Waals surface area contributed by atoms with Crippen molar-refractivity contribution < 1.29 is 4.74 Å². The van der Waals surface area contributed by atoms with Crippen LogP contribution in [0.1, 0.15) is 18.4 Å². The van der Waals surface area contributed by atoms with Crippen molar-refractivity contribution in [1.82, 2.24) is 0 Å². The van der Waals surface area contributed by atoms with Crippen LogP contribution in [0, 0.1) is 5.92 Å². The molecule has 14 heavy (non-hydrogen) atoms. The summed E-state index contributed by atoms with van der Waals surface area (Å²) in [5, 5.41) is 0. The highest BCUT2D eigenvalue weighted by molar-refractivity contribution is 9.10. The summed E-state index contributed by atoms with van der Waals surface area (Å²) in [6, 6.07) is 8.46. The number of rotatable bonds is 2. The summed E-state index contributed by atoms with van der Waals surface area (Å²) in [5.41, 5.74) is 1.41. The van der Waals surface area contributed by atoms with Crippen LogP contribution in [-0.4, -0.2) is 13.2 Å². The van der Waals surface area contributed by atoms with Crippen LogP contribution in [0.4, 0.5) is 0 Å². The number of hydrogen-bond acceptors (Lipinski definition) is 1. The van der Waals surface area contributed by atoms with E-state index in [4.69, 9.17) is 4.74 Å². The van der Waals surface area contributed by atoms with Gasteiger partial charge in [0, 0.05) is 17.7 Å². The number of halogens is 1. The zero-order chi connectivity index (χ0) is 9.80. The van der Waals surface area contributed by atoms with Crippen LogP contribution in [0.2, 0.25) is 0 Å². The molecule has 0 bridgehead atoms. The quantitative estimate of drug-likeness (QED) is 0.786. The largest absolute Gasteiger partial charge is 0.381 e. The summed E-state index contributed by atoms with van der Waals surface area (Å²) in [5.74, 6) is 0.711. The first-order valence-corrected chi connectivity index (χ1v) is 5.96. The van der Waals surface area contributed by atoms with E-state index in [1.165, 1.54) is 22.9 Å². The summed E-state index contributed by atoms with van der Waals surface area (Å²) in [6.45, 7) is 1.88. The molecule has 0 aromatic heterocycles. The SMILES string of the molecule is Brc1ccccc1CC1CCCOC1. The van der Waals surface area contributed by atoms with E-state index >= 15 is 0 Å². The van der Waals surface area contributed by atoms with Crippen molar-refractivity contribution in [3.8, 4) is 0 Å². The first kappa shape index (κ1) is 10.2. The molecule has 2 heteroatoms. The Morgan fingerprint density at radius 2 is 2.21 bits per heavy atom. The van der Waals surface area contributed by atoms with Gasteiger partial charge >= 0.3 is 0 Å². The van der Waals surface area contributed by atoms with Crippen LogP contribution in [0.3, 0.4) is 0 Å². The predicted molar refractivity (Wildman–Crippen MR) is 61.4 cm³/mol. The molecule has 0 aliphatic carbocycles. The van der Waals surface area contributed by atoms with Crippen LogP contribution >= 0.6 is 15.9 Å². The van der Waals surface area contributed by atoms with Crippen molar-refractivity contribution in [3.63, 3.8) is 0 Å². The van der Waals surface area contributed by atoms with Gasteiger partial charge in [-0.25, -0.2) is 0 Å². The highest BCUT2D eigenvalue weighted by Gasteiger charge is 2.15. The maximum absolute atomic E-state index is 5.48. The van der Waals surface area contributed by atoms with Crippen molar-refractivity contribution in [1.29, 1.82) is 0 Å². The Kier molecular flexibility index (Phi) is 3.60. The van der Waals surface area contributed by atoms with Gasteiger partial charge in [0.05, 0.1) is 0 Å². The molecule has 0 amide bonds. The summed E-state index contributed by atoms with van der Waals surface area (Å²) < 4.78 is 6.71. The smallest absolute Gasteiger partial charge is 0.0497 e. The minimum atomic E-state index is 0.711.